The second-order valence-corrected chi connectivity index (χ2v) is 12.2. The number of thiazole rings is 2. The average molecular weight is 490 g/mol. The van der Waals surface area contributed by atoms with Crippen LogP contribution in [0.25, 0.3) is 10.6 Å². The van der Waals surface area contributed by atoms with Crippen LogP contribution in [0.3, 0.4) is 0 Å². The molecule has 5 rings (SSSR count). The number of carbonyl (C=O) groups excluding carboxylic acids is 1. The summed E-state index contributed by atoms with van der Waals surface area (Å²) in [4.78, 5) is 23.5. The zero-order chi connectivity index (χ0) is 22.5. The Balaban J connectivity index is 1.56. The van der Waals surface area contributed by atoms with Crippen LogP contribution in [-0.2, 0) is 11.2 Å². The van der Waals surface area contributed by atoms with Gasteiger partial charge < -0.3 is 15.5 Å². The standard InChI is InChI=1S/C23H27N3O3S3/c1-22-5-3-17(28)23(2,12-27)16(22)10-15-19(26-20(32-15)13-4-7-30-11-13)14(22)9-18(29)25-21-24-6-8-31-21/h4,6-8,11,14,16-17,27-28H,3,5,9-10,12H2,1-2H3,(H,24,25,29). The molecule has 1 amide bonds. The van der Waals surface area contributed by atoms with Gasteiger partial charge in [-0.25, -0.2) is 9.97 Å². The maximum atomic E-state index is 13.1. The fourth-order valence-electron chi connectivity index (χ4n) is 5.80. The number of thiophene rings is 1. The molecule has 5 unspecified atom stereocenters. The largest absolute Gasteiger partial charge is 0.396 e. The smallest absolute Gasteiger partial charge is 0.226 e. The normalized spacial score (nSPS) is 31.7. The fourth-order valence-corrected chi connectivity index (χ4v) is 8.22. The van der Waals surface area contributed by atoms with Gasteiger partial charge in [0.1, 0.15) is 5.01 Å². The van der Waals surface area contributed by atoms with Gasteiger partial charge in [-0.05, 0) is 42.0 Å². The highest BCUT2D eigenvalue weighted by Crippen LogP contribution is 2.63. The van der Waals surface area contributed by atoms with Crippen LogP contribution >= 0.6 is 34.0 Å². The van der Waals surface area contributed by atoms with E-state index in [-0.39, 0.29) is 29.8 Å². The van der Waals surface area contributed by atoms with Crippen LogP contribution in [0.5, 0.6) is 0 Å². The van der Waals surface area contributed by atoms with Gasteiger partial charge in [-0.3, -0.25) is 4.79 Å². The number of hydrogen-bond donors (Lipinski definition) is 3. The molecule has 0 aromatic carbocycles. The number of carbonyl (C=O) groups is 1. The second-order valence-electron chi connectivity index (χ2n) is 9.46. The summed E-state index contributed by atoms with van der Waals surface area (Å²) in [6.07, 6.45) is 3.62. The molecule has 6 nitrogen and oxygen atoms in total. The zero-order valence-corrected chi connectivity index (χ0v) is 20.5. The molecule has 0 radical (unpaired) electrons. The third-order valence-corrected chi connectivity index (χ3v) is 10.2. The molecule has 3 aromatic rings. The number of aromatic nitrogens is 2. The molecule has 0 aliphatic heterocycles. The monoisotopic (exact) mass is 489 g/mol. The predicted molar refractivity (Wildman–Crippen MR) is 129 cm³/mol. The van der Waals surface area contributed by atoms with E-state index in [0.717, 1.165) is 29.1 Å². The minimum absolute atomic E-state index is 0.0599. The quantitative estimate of drug-likeness (QED) is 0.480. The lowest BCUT2D eigenvalue weighted by molar-refractivity contribution is -0.143. The fraction of sp³-hybridized carbons (Fsp3) is 0.522. The summed E-state index contributed by atoms with van der Waals surface area (Å²) in [5, 5.41) is 31.7. The summed E-state index contributed by atoms with van der Waals surface area (Å²) in [5.74, 6) is -0.0948. The SMILES string of the molecule is CC1(CO)C(O)CCC2(C)C(CC(=O)Nc3nccs3)c3nc(-c4ccsc4)sc3CC12. The van der Waals surface area contributed by atoms with E-state index in [1.807, 2.05) is 12.3 Å². The highest BCUT2D eigenvalue weighted by Gasteiger charge is 2.59. The maximum absolute atomic E-state index is 13.1. The molecule has 0 spiro atoms. The van der Waals surface area contributed by atoms with Crippen LogP contribution in [0, 0.1) is 16.7 Å². The first kappa shape index (κ1) is 22.2. The number of aliphatic hydroxyl groups is 2. The number of aliphatic hydroxyl groups excluding tert-OH is 2. The van der Waals surface area contributed by atoms with Crippen molar-refractivity contribution in [1.82, 2.24) is 9.97 Å². The summed E-state index contributed by atoms with van der Waals surface area (Å²) >= 11 is 4.74. The molecule has 0 bridgehead atoms. The van der Waals surface area contributed by atoms with Crippen molar-refractivity contribution >= 4 is 45.0 Å². The van der Waals surface area contributed by atoms with E-state index in [1.54, 1.807) is 28.9 Å². The Kier molecular flexibility index (Phi) is 5.74. The number of nitrogens with zero attached hydrogens (tertiary/aromatic N) is 2. The van der Waals surface area contributed by atoms with E-state index in [0.29, 0.717) is 18.0 Å². The van der Waals surface area contributed by atoms with Gasteiger partial charge in [0.2, 0.25) is 5.91 Å². The second kappa shape index (κ2) is 8.29. The summed E-state index contributed by atoms with van der Waals surface area (Å²) in [6, 6.07) is 2.08. The van der Waals surface area contributed by atoms with E-state index >= 15 is 0 Å². The minimum atomic E-state index is -0.610. The average Bonchev–Trinajstić information content (AvgIpc) is 3.53. The van der Waals surface area contributed by atoms with E-state index < -0.39 is 11.5 Å². The number of hydrogen-bond acceptors (Lipinski definition) is 8. The summed E-state index contributed by atoms with van der Waals surface area (Å²) in [6.45, 7) is 4.15. The zero-order valence-electron chi connectivity index (χ0n) is 18.1. The first-order valence-electron chi connectivity index (χ1n) is 10.9. The predicted octanol–water partition coefficient (Wildman–Crippen LogP) is 4.77. The molecule has 32 heavy (non-hydrogen) atoms. The first-order chi connectivity index (χ1) is 15.3. The first-order valence-corrected chi connectivity index (χ1v) is 13.5. The highest BCUT2D eigenvalue weighted by molar-refractivity contribution is 7.15. The van der Waals surface area contributed by atoms with Crippen LogP contribution < -0.4 is 5.32 Å². The van der Waals surface area contributed by atoms with Crippen LogP contribution in [-0.4, -0.2) is 38.8 Å². The molecular formula is C23H27N3O3S3. The Bertz CT molecular complexity index is 1100. The Morgan fingerprint density at radius 2 is 2.19 bits per heavy atom. The van der Waals surface area contributed by atoms with Gasteiger partial charge in [0.25, 0.3) is 0 Å². The number of fused-ring (bicyclic) bond motifs is 2. The van der Waals surface area contributed by atoms with E-state index in [1.165, 1.54) is 16.2 Å². The molecule has 2 aliphatic rings. The number of rotatable bonds is 5. The maximum Gasteiger partial charge on any atom is 0.226 e. The Hall–Kier alpha value is -1.65. The minimum Gasteiger partial charge on any atom is -0.396 e. The van der Waals surface area contributed by atoms with Crippen molar-refractivity contribution in [3.8, 4) is 10.6 Å². The molecule has 0 saturated heterocycles. The molecule has 5 atom stereocenters. The van der Waals surface area contributed by atoms with Crippen molar-refractivity contribution in [2.45, 2.75) is 51.6 Å². The summed E-state index contributed by atoms with van der Waals surface area (Å²) in [5.41, 5.74) is 1.27. The van der Waals surface area contributed by atoms with Crippen molar-refractivity contribution in [1.29, 1.82) is 0 Å². The van der Waals surface area contributed by atoms with Gasteiger partial charge in [0.05, 0.1) is 18.4 Å². The number of anilines is 1. The van der Waals surface area contributed by atoms with Gasteiger partial charge in [-0.2, -0.15) is 11.3 Å². The molecule has 3 heterocycles. The molecular weight excluding hydrogens is 462 g/mol. The summed E-state index contributed by atoms with van der Waals surface area (Å²) in [7, 11) is 0. The molecule has 3 N–H and O–H groups in total. The van der Waals surface area contributed by atoms with E-state index in [9.17, 15) is 15.0 Å². The Morgan fingerprint density at radius 1 is 1.34 bits per heavy atom. The number of amides is 1. The van der Waals surface area contributed by atoms with Crippen molar-refractivity contribution in [3.05, 3.63) is 39.0 Å². The van der Waals surface area contributed by atoms with Crippen molar-refractivity contribution < 1.29 is 15.0 Å². The number of nitrogens with one attached hydrogen (secondary N) is 1. The van der Waals surface area contributed by atoms with Gasteiger partial charge in [-0.1, -0.05) is 13.8 Å². The van der Waals surface area contributed by atoms with Crippen LogP contribution in [0.15, 0.2) is 28.4 Å². The van der Waals surface area contributed by atoms with E-state index in [4.69, 9.17) is 4.98 Å². The van der Waals surface area contributed by atoms with Crippen molar-refractivity contribution in [3.63, 3.8) is 0 Å². The molecule has 1 saturated carbocycles. The van der Waals surface area contributed by atoms with Gasteiger partial charge >= 0.3 is 0 Å². The highest BCUT2D eigenvalue weighted by atomic mass is 32.1. The van der Waals surface area contributed by atoms with E-state index in [2.05, 4.69) is 34.1 Å². The molecule has 3 aromatic heterocycles. The summed E-state index contributed by atoms with van der Waals surface area (Å²) < 4.78 is 0. The third-order valence-electron chi connectivity index (χ3n) is 7.73. The lowest BCUT2D eigenvalue weighted by atomic mass is 9.47. The topological polar surface area (TPSA) is 95.3 Å². The van der Waals surface area contributed by atoms with Crippen molar-refractivity contribution in [2.24, 2.45) is 16.7 Å². The van der Waals surface area contributed by atoms with Crippen LogP contribution in [0.1, 0.15) is 49.6 Å². The molecule has 170 valence electrons. The van der Waals surface area contributed by atoms with Crippen molar-refractivity contribution in [2.75, 3.05) is 11.9 Å². The Labute approximate surface area is 199 Å². The van der Waals surface area contributed by atoms with Gasteiger partial charge in [0, 0.05) is 45.2 Å². The molecule has 1 fully saturated rings. The molecule has 9 heteroatoms. The lowest BCUT2D eigenvalue weighted by Gasteiger charge is -2.58. The molecule has 2 aliphatic carbocycles. The third kappa shape index (κ3) is 3.54. The Morgan fingerprint density at radius 3 is 2.88 bits per heavy atom. The lowest BCUT2D eigenvalue weighted by Crippen LogP contribution is -2.57. The van der Waals surface area contributed by atoms with Crippen LogP contribution in [0.4, 0.5) is 5.13 Å². The van der Waals surface area contributed by atoms with Gasteiger partial charge in [-0.15, -0.1) is 22.7 Å². The van der Waals surface area contributed by atoms with Gasteiger partial charge in [0.15, 0.2) is 5.13 Å². The van der Waals surface area contributed by atoms with Crippen LogP contribution in [0.2, 0.25) is 0 Å².